The van der Waals surface area contributed by atoms with Gasteiger partial charge < -0.3 is 5.32 Å². The summed E-state index contributed by atoms with van der Waals surface area (Å²) in [7, 11) is 0. The molecule has 1 aliphatic rings. The highest BCUT2D eigenvalue weighted by Crippen LogP contribution is 2.44. The average Bonchev–Trinajstić information content (AvgIpc) is 2.45. The van der Waals surface area contributed by atoms with Gasteiger partial charge in [0.15, 0.2) is 0 Å². The van der Waals surface area contributed by atoms with E-state index in [1.54, 1.807) is 0 Å². The van der Waals surface area contributed by atoms with Crippen LogP contribution in [0.4, 0.5) is 5.69 Å². The molecular formula is C18H17BrN2. The number of hydrogen-bond donors (Lipinski definition) is 1. The number of nitrogens with zero attached hydrogens (tertiary/aromatic N) is 1. The molecular weight excluding hydrogens is 324 g/mol. The first-order chi connectivity index (χ1) is 10.1. The highest BCUT2D eigenvalue weighted by Gasteiger charge is 2.46. The molecule has 2 nitrogen and oxygen atoms in total. The van der Waals surface area contributed by atoms with Gasteiger partial charge in [0.25, 0.3) is 0 Å². The Labute approximate surface area is 133 Å². The summed E-state index contributed by atoms with van der Waals surface area (Å²) >= 11 is 3.48. The van der Waals surface area contributed by atoms with Crippen molar-refractivity contribution < 1.29 is 0 Å². The molecule has 0 aliphatic heterocycles. The van der Waals surface area contributed by atoms with Crippen molar-refractivity contribution in [2.24, 2.45) is 0 Å². The maximum Gasteiger partial charge on any atom is 0.0861 e. The summed E-state index contributed by atoms with van der Waals surface area (Å²) in [4.78, 5) is 0. The minimum absolute atomic E-state index is 0.317. The molecule has 0 amide bonds. The summed E-state index contributed by atoms with van der Waals surface area (Å²) in [6.45, 7) is 2.10. The van der Waals surface area contributed by atoms with Crippen LogP contribution < -0.4 is 5.32 Å². The van der Waals surface area contributed by atoms with Gasteiger partial charge in [0.2, 0.25) is 0 Å². The number of anilines is 1. The van der Waals surface area contributed by atoms with Crippen LogP contribution in [0.15, 0.2) is 53.0 Å². The predicted octanol–water partition coefficient (Wildman–Crippen LogP) is 4.79. The topological polar surface area (TPSA) is 35.8 Å². The Morgan fingerprint density at radius 2 is 1.90 bits per heavy atom. The largest absolute Gasteiger partial charge is 0.382 e. The number of rotatable bonds is 3. The van der Waals surface area contributed by atoms with E-state index in [4.69, 9.17) is 0 Å². The van der Waals surface area contributed by atoms with Gasteiger partial charge in [-0.1, -0.05) is 46.3 Å². The molecule has 0 saturated heterocycles. The first-order valence-corrected chi connectivity index (χ1v) is 7.92. The minimum atomic E-state index is -0.317. The third-order valence-corrected chi connectivity index (χ3v) is 4.77. The number of hydrogen-bond acceptors (Lipinski definition) is 2. The van der Waals surface area contributed by atoms with Gasteiger partial charge in [0.1, 0.15) is 0 Å². The van der Waals surface area contributed by atoms with Crippen LogP contribution in [0, 0.1) is 18.3 Å². The lowest BCUT2D eigenvalue weighted by molar-refractivity contribution is 0.289. The Kier molecular flexibility index (Phi) is 3.73. The zero-order valence-corrected chi connectivity index (χ0v) is 13.5. The molecule has 1 saturated carbocycles. The number of nitriles is 1. The van der Waals surface area contributed by atoms with Gasteiger partial charge in [-0.3, -0.25) is 0 Å². The summed E-state index contributed by atoms with van der Waals surface area (Å²) in [5, 5.41) is 13.1. The van der Waals surface area contributed by atoms with Crippen molar-refractivity contribution in [2.75, 3.05) is 5.32 Å². The monoisotopic (exact) mass is 340 g/mol. The lowest BCUT2D eigenvalue weighted by Gasteiger charge is -2.44. The van der Waals surface area contributed by atoms with E-state index in [0.717, 1.165) is 28.6 Å². The highest BCUT2D eigenvalue weighted by molar-refractivity contribution is 9.10. The fraction of sp³-hybridized carbons (Fsp3) is 0.278. The van der Waals surface area contributed by atoms with Gasteiger partial charge >= 0.3 is 0 Å². The average molecular weight is 341 g/mol. The molecule has 0 heterocycles. The molecule has 0 atom stereocenters. The van der Waals surface area contributed by atoms with Crippen LogP contribution in [0.5, 0.6) is 0 Å². The number of halogens is 1. The molecule has 1 aliphatic carbocycles. The van der Waals surface area contributed by atoms with Crippen LogP contribution >= 0.6 is 15.9 Å². The van der Waals surface area contributed by atoms with Crippen LogP contribution in [-0.2, 0) is 5.41 Å². The third kappa shape index (κ3) is 2.69. The molecule has 1 N–H and O–H groups in total. The van der Waals surface area contributed by atoms with E-state index in [2.05, 4.69) is 58.5 Å². The molecule has 2 aromatic carbocycles. The quantitative estimate of drug-likeness (QED) is 0.871. The van der Waals surface area contributed by atoms with Gasteiger partial charge in [0.05, 0.1) is 11.5 Å². The van der Waals surface area contributed by atoms with E-state index < -0.39 is 0 Å². The van der Waals surface area contributed by atoms with Gasteiger partial charge in [-0.15, -0.1) is 0 Å². The predicted molar refractivity (Wildman–Crippen MR) is 89.3 cm³/mol. The van der Waals surface area contributed by atoms with E-state index in [9.17, 15) is 5.26 Å². The van der Waals surface area contributed by atoms with Crippen molar-refractivity contribution >= 4 is 21.6 Å². The fourth-order valence-electron chi connectivity index (χ4n) is 3.04. The summed E-state index contributed by atoms with van der Waals surface area (Å²) in [5.41, 5.74) is 3.20. The molecule has 106 valence electrons. The second kappa shape index (κ2) is 5.54. The molecule has 3 heteroatoms. The first kappa shape index (κ1) is 14.2. The van der Waals surface area contributed by atoms with Crippen molar-refractivity contribution in [3.05, 3.63) is 64.1 Å². The lowest BCUT2D eigenvalue weighted by atomic mass is 9.62. The molecule has 1 fully saturated rings. The Balaban J connectivity index is 1.71. The summed E-state index contributed by atoms with van der Waals surface area (Å²) in [6.07, 6.45) is 1.73. The zero-order valence-electron chi connectivity index (χ0n) is 11.9. The molecule has 0 radical (unpaired) electrons. The summed E-state index contributed by atoms with van der Waals surface area (Å²) in [5.74, 6) is 0. The van der Waals surface area contributed by atoms with E-state index in [1.165, 1.54) is 5.56 Å². The third-order valence-electron chi connectivity index (χ3n) is 4.28. The zero-order chi connectivity index (χ0) is 14.9. The van der Waals surface area contributed by atoms with Crippen LogP contribution in [-0.4, -0.2) is 6.04 Å². The van der Waals surface area contributed by atoms with Crippen LogP contribution in [0.2, 0.25) is 0 Å². The lowest BCUT2D eigenvalue weighted by Crippen LogP contribution is -2.47. The standard InChI is InChI=1S/C18H17BrN2/c1-13-9-15(19)7-8-17(13)21-16-10-18(11-16,12-20)14-5-3-2-4-6-14/h2-9,16,21H,10-11H2,1H3. The molecule has 0 aromatic heterocycles. The Morgan fingerprint density at radius 3 is 2.52 bits per heavy atom. The number of aryl methyl sites for hydroxylation is 1. The molecule has 3 rings (SSSR count). The van der Waals surface area contributed by atoms with Crippen molar-refractivity contribution in [3.8, 4) is 6.07 Å². The summed E-state index contributed by atoms with van der Waals surface area (Å²) < 4.78 is 1.09. The molecule has 2 aromatic rings. The number of benzene rings is 2. The maximum atomic E-state index is 9.58. The van der Waals surface area contributed by atoms with E-state index in [-0.39, 0.29) is 5.41 Å². The molecule has 0 bridgehead atoms. The van der Waals surface area contributed by atoms with Gasteiger partial charge in [-0.05, 0) is 49.1 Å². The fourth-order valence-corrected chi connectivity index (χ4v) is 3.52. The van der Waals surface area contributed by atoms with E-state index in [1.807, 2.05) is 24.3 Å². The smallest absolute Gasteiger partial charge is 0.0861 e. The summed E-state index contributed by atoms with van der Waals surface area (Å²) in [6, 6.07) is 19.3. The number of nitrogens with one attached hydrogen (secondary N) is 1. The SMILES string of the molecule is Cc1cc(Br)ccc1NC1CC(C#N)(c2ccccc2)C1. The van der Waals surface area contributed by atoms with Crippen LogP contribution in [0.3, 0.4) is 0 Å². The molecule has 0 unspecified atom stereocenters. The van der Waals surface area contributed by atoms with Gasteiger partial charge in [0, 0.05) is 16.2 Å². The normalized spacial score (nSPS) is 24.0. The van der Waals surface area contributed by atoms with Crippen molar-refractivity contribution in [1.82, 2.24) is 0 Å². The highest BCUT2D eigenvalue weighted by atomic mass is 79.9. The van der Waals surface area contributed by atoms with Crippen molar-refractivity contribution in [1.29, 1.82) is 5.26 Å². The Hall–Kier alpha value is -1.79. The van der Waals surface area contributed by atoms with Gasteiger partial charge in [-0.25, -0.2) is 0 Å². The van der Waals surface area contributed by atoms with Crippen molar-refractivity contribution in [3.63, 3.8) is 0 Å². The molecule has 21 heavy (non-hydrogen) atoms. The van der Waals surface area contributed by atoms with Crippen LogP contribution in [0.1, 0.15) is 24.0 Å². The second-order valence-electron chi connectivity index (χ2n) is 5.77. The van der Waals surface area contributed by atoms with E-state index in [0.29, 0.717) is 6.04 Å². The van der Waals surface area contributed by atoms with Crippen LogP contribution in [0.25, 0.3) is 0 Å². The van der Waals surface area contributed by atoms with Gasteiger partial charge in [-0.2, -0.15) is 5.26 Å². The van der Waals surface area contributed by atoms with Crippen molar-refractivity contribution in [2.45, 2.75) is 31.2 Å². The Bertz CT molecular complexity index is 682. The Morgan fingerprint density at radius 1 is 1.19 bits per heavy atom. The second-order valence-corrected chi connectivity index (χ2v) is 6.68. The maximum absolute atomic E-state index is 9.58. The van der Waals surface area contributed by atoms with E-state index >= 15 is 0 Å². The minimum Gasteiger partial charge on any atom is -0.382 e. The molecule has 0 spiro atoms. The first-order valence-electron chi connectivity index (χ1n) is 7.12.